The van der Waals surface area contributed by atoms with Crippen LogP contribution in [0.2, 0.25) is 0 Å². The van der Waals surface area contributed by atoms with Crippen LogP contribution in [0.3, 0.4) is 0 Å². The van der Waals surface area contributed by atoms with Crippen LogP contribution < -0.4 is 20.8 Å². The number of hydrogen-bond donors (Lipinski definition) is 3. The van der Waals surface area contributed by atoms with Crippen LogP contribution in [0.1, 0.15) is 29.6 Å². The number of benzene rings is 2. The van der Waals surface area contributed by atoms with Crippen LogP contribution in [0.15, 0.2) is 36.4 Å². The summed E-state index contributed by atoms with van der Waals surface area (Å²) in [5.74, 6) is -5.30. The van der Waals surface area contributed by atoms with E-state index in [1.54, 1.807) is 0 Å². The number of hydrogen-bond acceptors (Lipinski definition) is 5. The maximum Gasteiger partial charge on any atom is 0.348 e. The number of carbonyl (C=O) groups excluding carboxylic acids is 1. The number of rotatable bonds is 4. The highest BCUT2D eigenvalue weighted by atomic mass is 31.1. The standard InChI is InChI=1S/C13H7F3NO3P.C6H13NO/c14-10-5-8(6-11(15)12(10)16)17-13(18)7-2-1-3-9(4-7)21(19)20;8-5-6-3-1-2-4-7-6/h1-6H,(H,17,18);6-8H,1-5H2. The summed E-state index contributed by atoms with van der Waals surface area (Å²) in [5.41, 5.74) is -0.301. The lowest BCUT2D eigenvalue weighted by Gasteiger charge is -2.20. The Hall–Kier alpha value is -2.32. The van der Waals surface area contributed by atoms with Gasteiger partial charge in [-0.1, -0.05) is 17.1 Å². The van der Waals surface area contributed by atoms with Crippen LogP contribution in [-0.2, 0) is 4.57 Å². The zero-order chi connectivity index (χ0) is 21.4. The van der Waals surface area contributed by atoms with Gasteiger partial charge in [0, 0.05) is 35.5 Å². The van der Waals surface area contributed by atoms with Gasteiger partial charge in [0.1, 0.15) is 0 Å². The molecule has 0 saturated carbocycles. The molecule has 1 fully saturated rings. The van der Waals surface area contributed by atoms with E-state index in [1.165, 1.54) is 31.0 Å². The van der Waals surface area contributed by atoms with Crippen molar-refractivity contribution in [3.05, 3.63) is 59.4 Å². The van der Waals surface area contributed by atoms with E-state index < -0.39 is 31.4 Å². The molecular formula is C19H20F3N2O4P. The van der Waals surface area contributed by atoms with E-state index in [0.717, 1.165) is 19.0 Å². The molecule has 2 atom stereocenters. The summed E-state index contributed by atoms with van der Waals surface area (Å²) in [6, 6.07) is 6.71. The molecule has 0 radical (unpaired) electrons. The lowest BCUT2D eigenvalue weighted by molar-refractivity contribution is -0.160. The zero-order valence-corrected chi connectivity index (χ0v) is 16.2. The fraction of sp³-hybridized carbons (Fsp3) is 0.316. The molecule has 156 valence electrons. The van der Waals surface area contributed by atoms with Crippen molar-refractivity contribution in [2.75, 3.05) is 18.5 Å². The fourth-order valence-electron chi connectivity index (χ4n) is 2.67. The van der Waals surface area contributed by atoms with E-state index in [4.69, 9.17) is 5.11 Å². The minimum Gasteiger partial charge on any atom is -0.591 e. The van der Waals surface area contributed by atoms with Crippen LogP contribution in [0.25, 0.3) is 0 Å². The Morgan fingerprint density at radius 3 is 2.41 bits per heavy atom. The number of halogens is 3. The van der Waals surface area contributed by atoms with Gasteiger partial charge in [-0.05, 0) is 31.5 Å². The molecule has 1 aliphatic heterocycles. The van der Waals surface area contributed by atoms with Gasteiger partial charge in [-0.15, -0.1) is 0 Å². The van der Waals surface area contributed by atoms with Gasteiger partial charge in [0.2, 0.25) is 0 Å². The Morgan fingerprint density at radius 1 is 1.21 bits per heavy atom. The SMILES string of the molecule is O=C(Nc1cc(F)c(F)c(F)c1)c1cccc([P+](=O)[O-])c1.OCC1CCCCN1. The lowest BCUT2D eigenvalue weighted by atomic mass is 10.1. The van der Waals surface area contributed by atoms with Crippen LogP contribution >= 0.6 is 8.03 Å². The molecule has 2 aromatic rings. The summed E-state index contributed by atoms with van der Waals surface area (Å²) in [7, 11) is -2.86. The van der Waals surface area contributed by atoms with Gasteiger partial charge in [0.05, 0.1) is 6.61 Å². The molecule has 0 aliphatic carbocycles. The first-order valence-corrected chi connectivity index (χ1v) is 10.0. The van der Waals surface area contributed by atoms with E-state index in [0.29, 0.717) is 24.8 Å². The predicted molar refractivity (Wildman–Crippen MR) is 101 cm³/mol. The molecule has 3 rings (SSSR count). The number of amides is 1. The molecule has 29 heavy (non-hydrogen) atoms. The van der Waals surface area contributed by atoms with Crippen molar-refractivity contribution in [2.45, 2.75) is 25.3 Å². The third-order valence-electron chi connectivity index (χ3n) is 4.19. The normalized spacial score (nSPS) is 16.4. The third-order valence-corrected chi connectivity index (χ3v) is 4.89. The van der Waals surface area contributed by atoms with Crippen molar-refractivity contribution < 1.29 is 32.5 Å². The molecule has 6 nitrogen and oxygen atoms in total. The number of aliphatic hydroxyl groups is 1. The van der Waals surface area contributed by atoms with Crippen molar-refractivity contribution in [1.82, 2.24) is 5.32 Å². The minimum atomic E-state index is -2.86. The molecule has 10 heteroatoms. The third kappa shape index (κ3) is 6.90. The highest BCUT2D eigenvalue weighted by molar-refractivity contribution is 7.45. The first-order chi connectivity index (χ1) is 13.8. The van der Waals surface area contributed by atoms with E-state index in [-0.39, 0.29) is 16.6 Å². The average molecular weight is 428 g/mol. The molecule has 1 aliphatic rings. The summed E-state index contributed by atoms with van der Waals surface area (Å²) < 4.78 is 49.6. The second kappa shape index (κ2) is 11.0. The summed E-state index contributed by atoms with van der Waals surface area (Å²) in [6.45, 7) is 1.39. The highest BCUT2D eigenvalue weighted by Crippen LogP contribution is 2.18. The smallest absolute Gasteiger partial charge is 0.348 e. The van der Waals surface area contributed by atoms with Gasteiger partial charge >= 0.3 is 8.03 Å². The minimum absolute atomic E-state index is 0.0168. The van der Waals surface area contributed by atoms with Gasteiger partial charge in [0.25, 0.3) is 5.91 Å². The van der Waals surface area contributed by atoms with Crippen molar-refractivity contribution >= 4 is 24.9 Å². The monoisotopic (exact) mass is 428 g/mol. The highest BCUT2D eigenvalue weighted by Gasteiger charge is 2.15. The second-order valence-corrected chi connectivity index (χ2v) is 7.38. The van der Waals surface area contributed by atoms with E-state index in [9.17, 15) is 27.4 Å². The Bertz CT molecular complexity index is 853. The molecule has 0 bridgehead atoms. The topological polar surface area (TPSA) is 101 Å². The second-order valence-electron chi connectivity index (χ2n) is 6.34. The Labute approximate surface area is 166 Å². The predicted octanol–water partition coefficient (Wildman–Crippen LogP) is 2.20. The van der Waals surface area contributed by atoms with Gasteiger partial charge in [-0.3, -0.25) is 4.79 Å². The van der Waals surface area contributed by atoms with Gasteiger partial charge in [-0.25, -0.2) is 13.2 Å². The number of anilines is 1. The van der Waals surface area contributed by atoms with Crippen molar-refractivity contribution in [3.63, 3.8) is 0 Å². The molecule has 1 saturated heterocycles. The van der Waals surface area contributed by atoms with Crippen molar-refractivity contribution in [3.8, 4) is 0 Å². The van der Waals surface area contributed by atoms with Gasteiger partial charge in [-0.2, -0.15) is 0 Å². The molecule has 1 amide bonds. The molecule has 1 heterocycles. The Morgan fingerprint density at radius 2 is 1.90 bits per heavy atom. The molecule has 3 N–H and O–H groups in total. The molecule has 0 spiro atoms. The van der Waals surface area contributed by atoms with Crippen molar-refractivity contribution in [2.24, 2.45) is 0 Å². The maximum absolute atomic E-state index is 13.0. The summed E-state index contributed by atoms with van der Waals surface area (Å²) in [6.07, 6.45) is 3.70. The fourth-order valence-corrected chi connectivity index (χ4v) is 3.12. The van der Waals surface area contributed by atoms with E-state index in [2.05, 4.69) is 10.6 Å². The number of nitrogens with one attached hydrogen (secondary N) is 2. The molecule has 2 unspecified atom stereocenters. The Balaban J connectivity index is 0.000000313. The summed E-state index contributed by atoms with van der Waals surface area (Å²) in [5, 5.41) is 13.9. The largest absolute Gasteiger partial charge is 0.591 e. The average Bonchev–Trinajstić information content (AvgIpc) is 2.73. The first-order valence-electron chi connectivity index (χ1n) is 8.86. The zero-order valence-electron chi connectivity index (χ0n) is 15.3. The number of piperidine rings is 1. The quantitative estimate of drug-likeness (QED) is 0.512. The Kier molecular flexibility index (Phi) is 8.72. The van der Waals surface area contributed by atoms with Crippen LogP contribution in [-0.4, -0.2) is 30.2 Å². The number of aliphatic hydroxyl groups excluding tert-OH is 1. The molecule has 0 aromatic heterocycles. The molecule has 2 aromatic carbocycles. The summed E-state index contributed by atoms with van der Waals surface area (Å²) >= 11 is 0. The van der Waals surface area contributed by atoms with Gasteiger partial charge < -0.3 is 20.6 Å². The van der Waals surface area contributed by atoms with Crippen LogP contribution in [0, 0.1) is 17.5 Å². The maximum atomic E-state index is 13.0. The van der Waals surface area contributed by atoms with Crippen molar-refractivity contribution in [1.29, 1.82) is 0 Å². The first kappa shape index (κ1) is 23.0. The van der Waals surface area contributed by atoms with Crippen LogP contribution in [0.4, 0.5) is 18.9 Å². The van der Waals surface area contributed by atoms with E-state index in [1.807, 2.05) is 0 Å². The molecular weight excluding hydrogens is 408 g/mol. The van der Waals surface area contributed by atoms with E-state index >= 15 is 0 Å². The lowest BCUT2D eigenvalue weighted by Crippen LogP contribution is -2.36. The number of carbonyl (C=O) groups is 1. The summed E-state index contributed by atoms with van der Waals surface area (Å²) in [4.78, 5) is 22.7. The van der Waals surface area contributed by atoms with Gasteiger partial charge in [0.15, 0.2) is 22.8 Å². The van der Waals surface area contributed by atoms with Crippen LogP contribution in [0.5, 0.6) is 0 Å².